The SMILES string of the molecule is O=C(Cl)c1ccc(OCc2ccccc2)c(OCc2ccccc2)c1. The molecule has 0 N–H and O–H groups in total. The Balaban J connectivity index is 1.77. The number of halogens is 1. The molecule has 3 aromatic rings. The van der Waals surface area contributed by atoms with Crippen molar-refractivity contribution in [3.05, 3.63) is 95.6 Å². The van der Waals surface area contributed by atoms with Crippen molar-refractivity contribution in [1.82, 2.24) is 0 Å². The van der Waals surface area contributed by atoms with Gasteiger partial charge in [-0.1, -0.05) is 60.7 Å². The van der Waals surface area contributed by atoms with Gasteiger partial charge in [0, 0.05) is 5.56 Å². The topological polar surface area (TPSA) is 35.5 Å². The lowest BCUT2D eigenvalue weighted by Crippen LogP contribution is -2.02. The molecule has 4 heteroatoms. The third-order valence-corrected chi connectivity index (χ3v) is 3.86. The van der Waals surface area contributed by atoms with E-state index in [-0.39, 0.29) is 0 Å². The van der Waals surface area contributed by atoms with Gasteiger partial charge in [-0.05, 0) is 40.9 Å². The Labute approximate surface area is 151 Å². The Morgan fingerprint density at radius 2 is 1.24 bits per heavy atom. The van der Waals surface area contributed by atoms with E-state index in [1.54, 1.807) is 18.2 Å². The molecule has 0 saturated heterocycles. The van der Waals surface area contributed by atoms with E-state index >= 15 is 0 Å². The second-order valence-corrected chi connectivity index (χ2v) is 5.83. The third-order valence-electron chi connectivity index (χ3n) is 3.64. The van der Waals surface area contributed by atoms with Crippen molar-refractivity contribution in [1.29, 1.82) is 0 Å². The smallest absolute Gasteiger partial charge is 0.252 e. The van der Waals surface area contributed by atoms with Gasteiger partial charge in [0.25, 0.3) is 5.24 Å². The zero-order chi connectivity index (χ0) is 17.5. The lowest BCUT2D eigenvalue weighted by Gasteiger charge is -2.14. The second kappa shape index (κ2) is 8.36. The molecule has 0 heterocycles. The number of carbonyl (C=O) groups is 1. The predicted octanol–water partition coefficient (Wildman–Crippen LogP) is 5.22. The molecular formula is C21H17ClO3. The quantitative estimate of drug-likeness (QED) is 0.546. The Hall–Kier alpha value is -2.78. The molecule has 25 heavy (non-hydrogen) atoms. The summed E-state index contributed by atoms with van der Waals surface area (Å²) in [5.41, 5.74) is 2.45. The average molecular weight is 353 g/mol. The summed E-state index contributed by atoms with van der Waals surface area (Å²) in [4.78, 5) is 11.4. The Morgan fingerprint density at radius 3 is 1.76 bits per heavy atom. The summed E-state index contributed by atoms with van der Waals surface area (Å²) in [5, 5.41) is -0.529. The summed E-state index contributed by atoms with van der Waals surface area (Å²) in [6.45, 7) is 0.791. The molecular weight excluding hydrogens is 336 g/mol. The van der Waals surface area contributed by atoms with Gasteiger partial charge in [-0.15, -0.1) is 0 Å². The first kappa shape index (κ1) is 17.1. The monoisotopic (exact) mass is 352 g/mol. The van der Waals surface area contributed by atoms with Crippen LogP contribution in [0.3, 0.4) is 0 Å². The van der Waals surface area contributed by atoms with Gasteiger partial charge in [0.15, 0.2) is 11.5 Å². The Bertz CT molecular complexity index is 832. The summed E-state index contributed by atoms with van der Waals surface area (Å²) in [7, 11) is 0. The van der Waals surface area contributed by atoms with Crippen LogP contribution in [0.25, 0.3) is 0 Å². The fourth-order valence-corrected chi connectivity index (χ4v) is 2.45. The maximum Gasteiger partial charge on any atom is 0.252 e. The largest absolute Gasteiger partial charge is 0.485 e. The van der Waals surface area contributed by atoms with Crippen LogP contribution in [0.1, 0.15) is 21.5 Å². The number of rotatable bonds is 7. The van der Waals surface area contributed by atoms with Crippen molar-refractivity contribution in [2.75, 3.05) is 0 Å². The van der Waals surface area contributed by atoms with Gasteiger partial charge in [0.05, 0.1) is 0 Å². The fourth-order valence-electron chi connectivity index (χ4n) is 2.33. The van der Waals surface area contributed by atoms with E-state index in [4.69, 9.17) is 21.1 Å². The fraction of sp³-hybridized carbons (Fsp3) is 0.0952. The van der Waals surface area contributed by atoms with E-state index in [1.807, 2.05) is 60.7 Å². The molecule has 0 bridgehead atoms. The van der Waals surface area contributed by atoms with Crippen molar-refractivity contribution in [2.45, 2.75) is 13.2 Å². The first-order valence-corrected chi connectivity index (χ1v) is 8.27. The molecule has 0 aliphatic rings. The maximum atomic E-state index is 11.4. The summed E-state index contributed by atoms with van der Waals surface area (Å²) >= 11 is 5.58. The molecule has 0 aliphatic carbocycles. The van der Waals surface area contributed by atoms with Crippen molar-refractivity contribution in [2.24, 2.45) is 0 Å². The molecule has 0 spiro atoms. The highest BCUT2D eigenvalue weighted by atomic mass is 35.5. The molecule has 0 aromatic heterocycles. The molecule has 0 fully saturated rings. The van der Waals surface area contributed by atoms with Crippen LogP contribution in [-0.4, -0.2) is 5.24 Å². The highest BCUT2D eigenvalue weighted by Crippen LogP contribution is 2.30. The van der Waals surface area contributed by atoms with E-state index in [1.165, 1.54) is 0 Å². The van der Waals surface area contributed by atoms with E-state index in [9.17, 15) is 4.79 Å². The van der Waals surface area contributed by atoms with Gasteiger partial charge in [-0.2, -0.15) is 0 Å². The minimum Gasteiger partial charge on any atom is -0.485 e. The standard InChI is InChI=1S/C21H17ClO3/c22-21(23)18-11-12-19(24-14-16-7-3-1-4-8-16)20(13-18)25-15-17-9-5-2-6-10-17/h1-13H,14-15H2. The van der Waals surface area contributed by atoms with Crippen LogP contribution in [0.15, 0.2) is 78.9 Å². The highest BCUT2D eigenvalue weighted by Gasteiger charge is 2.11. The summed E-state index contributed by atoms with van der Waals surface area (Å²) in [6.07, 6.45) is 0. The molecule has 0 saturated carbocycles. The molecule has 0 radical (unpaired) electrons. The van der Waals surface area contributed by atoms with Crippen LogP contribution < -0.4 is 9.47 Å². The van der Waals surface area contributed by atoms with Gasteiger partial charge in [-0.3, -0.25) is 4.79 Å². The molecule has 0 atom stereocenters. The summed E-state index contributed by atoms with van der Waals surface area (Å²) < 4.78 is 11.7. The summed E-state index contributed by atoms with van der Waals surface area (Å²) in [6, 6.07) is 24.6. The van der Waals surface area contributed by atoms with E-state index in [0.29, 0.717) is 30.3 Å². The zero-order valence-electron chi connectivity index (χ0n) is 13.5. The predicted molar refractivity (Wildman–Crippen MR) is 98.2 cm³/mol. The van der Waals surface area contributed by atoms with Crippen molar-refractivity contribution in [3.63, 3.8) is 0 Å². The van der Waals surface area contributed by atoms with Crippen LogP contribution in [0.5, 0.6) is 11.5 Å². The molecule has 0 amide bonds. The zero-order valence-corrected chi connectivity index (χ0v) is 14.3. The lowest BCUT2D eigenvalue weighted by molar-refractivity contribution is 0.108. The maximum absolute atomic E-state index is 11.4. The van der Waals surface area contributed by atoms with E-state index in [0.717, 1.165) is 11.1 Å². The lowest BCUT2D eigenvalue weighted by atomic mass is 10.2. The number of ether oxygens (including phenoxy) is 2. The molecule has 126 valence electrons. The number of carbonyl (C=O) groups excluding carboxylic acids is 1. The second-order valence-electron chi connectivity index (χ2n) is 5.48. The average Bonchev–Trinajstić information content (AvgIpc) is 2.66. The van der Waals surface area contributed by atoms with Crippen LogP contribution in [0, 0.1) is 0 Å². The summed E-state index contributed by atoms with van der Waals surface area (Å²) in [5.74, 6) is 1.06. The first-order valence-electron chi connectivity index (χ1n) is 7.90. The normalized spacial score (nSPS) is 10.3. The van der Waals surface area contributed by atoms with E-state index in [2.05, 4.69) is 0 Å². The van der Waals surface area contributed by atoms with Gasteiger partial charge in [-0.25, -0.2) is 0 Å². The molecule has 3 rings (SSSR count). The molecule has 0 aliphatic heterocycles. The van der Waals surface area contributed by atoms with Gasteiger partial charge >= 0.3 is 0 Å². The molecule has 3 aromatic carbocycles. The molecule has 0 unspecified atom stereocenters. The van der Waals surface area contributed by atoms with Crippen LogP contribution >= 0.6 is 11.6 Å². The van der Waals surface area contributed by atoms with Gasteiger partial charge in [0.2, 0.25) is 0 Å². The van der Waals surface area contributed by atoms with Crippen molar-refractivity contribution in [3.8, 4) is 11.5 Å². The molecule has 3 nitrogen and oxygen atoms in total. The number of hydrogen-bond donors (Lipinski definition) is 0. The minimum atomic E-state index is -0.529. The van der Waals surface area contributed by atoms with E-state index < -0.39 is 5.24 Å². The Kier molecular flexibility index (Phi) is 5.70. The van der Waals surface area contributed by atoms with Gasteiger partial charge in [0.1, 0.15) is 13.2 Å². The number of hydrogen-bond acceptors (Lipinski definition) is 3. The highest BCUT2D eigenvalue weighted by molar-refractivity contribution is 6.67. The third kappa shape index (κ3) is 4.85. The van der Waals surface area contributed by atoms with Crippen LogP contribution in [0.4, 0.5) is 0 Å². The van der Waals surface area contributed by atoms with Gasteiger partial charge < -0.3 is 9.47 Å². The Morgan fingerprint density at radius 1 is 0.720 bits per heavy atom. The number of benzene rings is 3. The van der Waals surface area contributed by atoms with Crippen LogP contribution in [-0.2, 0) is 13.2 Å². The minimum absolute atomic E-state index is 0.372. The first-order chi connectivity index (χ1) is 12.2. The van der Waals surface area contributed by atoms with Crippen LogP contribution in [0.2, 0.25) is 0 Å². The van der Waals surface area contributed by atoms with Crippen molar-refractivity contribution < 1.29 is 14.3 Å². The van der Waals surface area contributed by atoms with Crippen molar-refractivity contribution >= 4 is 16.8 Å².